The van der Waals surface area contributed by atoms with E-state index in [2.05, 4.69) is 5.10 Å². The number of carbonyl (C=O) groups is 1. The van der Waals surface area contributed by atoms with Crippen molar-refractivity contribution in [3.05, 3.63) is 65.1 Å². The highest BCUT2D eigenvalue weighted by atomic mass is 32.1. The van der Waals surface area contributed by atoms with Gasteiger partial charge in [-0.1, -0.05) is 6.07 Å². The largest absolute Gasteiger partial charge is 0.489 e. The summed E-state index contributed by atoms with van der Waals surface area (Å²) in [5.74, 6) is 1.00. The molecule has 0 unspecified atom stereocenters. The molecule has 1 amide bonds. The number of hydrogen-bond donors (Lipinski definition) is 0. The molecule has 1 aliphatic heterocycles. The molecule has 1 aromatic carbocycles. The molecule has 0 bridgehead atoms. The van der Waals surface area contributed by atoms with Crippen LogP contribution in [0.5, 0.6) is 5.75 Å². The van der Waals surface area contributed by atoms with Crippen LogP contribution in [0.3, 0.4) is 0 Å². The molecule has 5 nitrogen and oxygen atoms in total. The van der Waals surface area contributed by atoms with Gasteiger partial charge >= 0.3 is 0 Å². The number of nitrogens with zero attached hydrogens (tertiary/aromatic N) is 3. The van der Waals surface area contributed by atoms with Crippen LogP contribution in [0.25, 0.3) is 5.69 Å². The molecule has 3 heterocycles. The summed E-state index contributed by atoms with van der Waals surface area (Å²) in [6, 6.07) is 11.5. The van der Waals surface area contributed by atoms with Crippen LogP contribution in [0.1, 0.15) is 23.2 Å². The lowest BCUT2D eigenvalue weighted by atomic mass is 10.1. The molecule has 128 valence electrons. The van der Waals surface area contributed by atoms with Gasteiger partial charge in [-0.2, -0.15) is 5.10 Å². The molecular weight excluding hydrogens is 334 g/mol. The van der Waals surface area contributed by atoms with E-state index in [9.17, 15) is 4.79 Å². The molecular formula is C19H19N3O2S. The quantitative estimate of drug-likeness (QED) is 0.720. The number of thiophene rings is 1. The number of benzene rings is 1. The second-order valence-corrected chi connectivity index (χ2v) is 6.85. The summed E-state index contributed by atoms with van der Waals surface area (Å²) >= 11 is 1.63. The van der Waals surface area contributed by atoms with Crippen molar-refractivity contribution in [2.24, 2.45) is 0 Å². The maximum atomic E-state index is 12.8. The maximum Gasteiger partial charge on any atom is 0.253 e. The van der Waals surface area contributed by atoms with E-state index in [0.717, 1.165) is 37.4 Å². The zero-order chi connectivity index (χ0) is 17.1. The Kier molecular flexibility index (Phi) is 4.52. The van der Waals surface area contributed by atoms with Crippen molar-refractivity contribution in [3.8, 4) is 11.4 Å². The van der Waals surface area contributed by atoms with Gasteiger partial charge in [0.15, 0.2) is 0 Å². The van der Waals surface area contributed by atoms with Crippen LogP contribution < -0.4 is 4.74 Å². The number of hydrogen-bond acceptors (Lipinski definition) is 4. The van der Waals surface area contributed by atoms with Gasteiger partial charge < -0.3 is 9.64 Å². The minimum atomic E-state index is 0.0722. The highest BCUT2D eigenvalue weighted by Crippen LogP contribution is 2.22. The summed E-state index contributed by atoms with van der Waals surface area (Å²) in [4.78, 5) is 14.7. The Morgan fingerprint density at radius 1 is 1.20 bits per heavy atom. The van der Waals surface area contributed by atoms with Crippen molar-refractivity contribution >= 4 is 17.2 Å². The monoisotopic (exact) mass is 353 g/mol. The fourth-order valence-corrected chi connectivity index (χ4v) is 3.63. The van der Waals surface area contributed by atoms with Crippen molar-refractivity contribution in [1.29, 1.82) is 0 Å². The summed E-state index contributed by atoms with van der Waals surface area (Å²) in [5.41, 5.74) is 1.59. The van der Waals surface area contributed by atoms with Crippen LogP contribution in [-0.4, -0.2) is 39.8 Å². The van der Waals surface area contributed by atoms with E-state index in [1.165, 1.54) is 0 Å². The van der Waals surface area contributed by atoms with Gasteiger partial charge in [0.2, 0.25) is 0 Å². The van der Waals surface area contributed by atoms with E-state index in [4.69, 9.17) is 4.74 Å². The van der Waals surface area contributed by atoms with Crippen LogP contribution in [0, 0.1) is 0 Å². The average molecular weight is 353 g/mol. The van der Waals surface area contributed by atoms with Crippen molar-refractivity contribution in [1.82, 2.24) is 14.7 Å². The van der Waals surface area contributed by atoms with Crippen LogP contribution in [0.2, 0.25) is 0 Å². The second kappa shape index (κ2) is 7.11. The lowest BCUT2D eigenvalue weighted by molar-refractivity contribution is 0.0596. The molecule has 0 atom stereocenters. The van der Waals surface area contributed by atoms with Crippen molar-refractivity contribution in [2.45, 2.75) is 18.9 Å². The first-order valence-corrected chi connectivity index (χ1v) is 9.32. The first-order valence-electron chi connectivity index (χ1n) is 8.38. The zero-order valence-electron chi connectivity index (χ0n) is 13.7. The standard InChI is InChI=1S/C19H19N3O2S/c23-19(15-3-1-4-16(13-15)22-9-2-8-20-22)21-10-5-17(6-11-21)24-18-7-12-25-14-18/h1-4,7-9,12-14,17H,5-6,10-11H2. The van der Waals surface area contributed by atoms with Crippen LogP contribution in [0.4, 0.5) is 0 Å². The highest BCUT2D eigenvalue weighted by Gasteiger charge is 2.25. The van der Waals surface area contributed by atoms with E-state index >= 15 is 0 Å². The molecule has 0 radical (unpaired) electrons. The van der Waals surface area contributed by atoms with E-state index in [1.807, 2.05) is 58.3 Å². The molecule has 1 aliphatic rings. The van der Waals surface area contributed by atoms with Gasteiger partial charge in [0.1, 0.15) is 11.9 Å². The Hall–Kier alpha value is -2.60. The molecule has 1 fully saturated rings. The Labute approximate surface area is 150 Å². The number of likely N-dealkylation sites (tertiary alicyclic amines) is 1. The predicted molar refractivity (Wildman–Crippen MR) is 97.4 cm³/mol. The van der Waals surface area contributed by atoms with Gasteiger partial charge in [-0.05, 0) is 35.7 Å². The predicted octanol–water partition coefficient (Wildman–Crippen LogP) is 3.62. The lowest BCUT2D eigenvalue weighted by Gasteiger charge is -2.32. The van der Waals surface area contributed by atoms with E-state index < -0.39 is 0 Å². The molecule has 0 aliphatic carbocycles. The third kappa shape index (κ3) is 3.58. The summed E-state index contributed by atoms with van der Waals surface area (Å²) in [7, 11) is 0. The van der Waals surface area contributed by atoms with Crippen molar-refractivity contribution in [3.63, 3.8) is 0 Å². The summed E-state index contributed by atoms with van der Waals surface area (Å²) < 4.78 is 7.72. The molecule has 4 rings (SSSR count). The second-order valence-electron chi connectivity index (χ2n) is 6.07. The molecule has 3 aromatic rings. The lowest BCUT2D eigenvalue weighted by Crippen LogP contribution is -2.41. The van der Waals surface area contributed by atoms with Crippen LogP contribution >= 0.6 is 11.3 Å². The molecule has 6 heteroatoms. The maximum absolute atomic E-state index is 12.8. The number of amides is 1. The Balaban J connectivity index is 1.40. The van der Waals surface area contributed by atoms with Gasteiger partial charge in [-0.3, -0.25) is 4.79 Å². The van der Waals surface area contributed by atoms with Gasteiger partial charge in [-0.15, -0.1) is 11.3 Å². The zero-order valence-corrected chi connectivity index (χ0v) is 14.6. The third-order valence-electron chi connectivity index (χ3n) is 4.39. The number of piperidine rings is 1. The first kappa shape index (κ1) is 15.9. The Bertz CT molecular complexity index is 822. The Morgan fingerprint density at radius 3 is 2.80 bits per heavy atom. The topological polar surface area (TPSA) is 47.4 Å². The molecule has 0 saturated carbocycles. The van der Waals surface area contributed by atoms with Gasteiger partial charge in [-0.25, -0.2) is 4.68 Å². The molecule has 1 saturated heterocycles. The summed E-state index contributed by atoms with van der Waals surface area (Å²) in [5, 5.41) is 8.25. The SMILES string of the molecule is O=C(c1cccc(-n2cccn2)c1)N1CCC(Oc2ccsc2)CC1. The van der Waals surface area contributed by atoms with Gasteiger partial charge in [0, 0.05) is 49.3 Å². The molecule has 0 N–H and O–H groups in total. The molecule has 0 spiro atoms. The fraction of sp³-hybridized carbons (Fsp3) is 0.263. The minimum Gasteiger partial charge on any atom is -0.489 e. The van der Waals surface area contributed by atoms with Gasteiger partial charge in [0.25, 0.3) is 5.91 Å². The van der Waals surface area contributed by atoms with E-state index in [-0.39, 0.29) is 12.0 Å². The average Bonchev–Trinajstić information content (AvgIpc) is 3.36. The number of rotatable bonds is 4. The van der Waals surface area contributed by atoms with Gasteiger partial charge in [0.05, 0.1) is 5.69 Å². The van der Waals surface area contributed by atoms with Crippen LogP contribution in [-0.2, 0) is 0 Å². The number of carbonyl (C=O) groups excluding carboxylic acids is 1. The normalized spacial score (nSPS) is 15.3. The molecule has 2 aromatic heterocycles. The Morgan fingerprint density at radius 2 is 2.08 bits per heavy atom. The highest BCUT2D eigenvalue weighted by molar-refractivity contribution is 7.08. The van der Waals surface area contributed by atoms with Crippen molar-refractivity contribution < 1.29 is 9.53 Å². The smallest absolute Gasteiger partial charge is 0.253 e. The van der Waals surface area contributed by atoms with Crippen molar-refractivity contribution in [2.75, 3.05) is 13.1 Å². The first-order chi connectivity index (χ1) is 12.3. The number of ether oxygens (including phenoxy) is 1. The number of aromatic nitrogens is 2. The molecule has 25 heavy (non-hydrogen) atoms. The fourth-order valence-electron chi connectivity index (χ4n) is 3.07. The van der Waals surface area contributed by atoms with E-state index in [1.54, 1.807) is 22.2 Å². The summed E-state index contributed by atoms with van der Waals surface area (Å²) in [6.07, 6.45) is 5.51. The summed E-state index contributed by atoms with van der Waals surface area (Å²) in [6.45, 7) is 1.44. The van der Waals surface area contributed by atoms with E-state index in [0.29, 0.717) is 5.56 Å². The van der Waals surface area contributed by atoms with Crippen LogP contribution in [0.15, 0.2) is 59.6 Å². The minimum absolute atomic E-state index is 0.0722. The third-order valence-corrected chi connectivity index (χ3v) is 5.05.